The zero-order valence-corrected chi connectivity index (χ0v) is 15.3. The normalized spacial score (nSPS) is 10.5. The molecule has 0 aliphatic carbocycles. The van der Waals surface area contributed by atoms with Gasteiger partial charge in [-0.05, 0) is 29.8 Å². The molecule has 0 saturated carbocycles. The molecule has 0 saturated heterocycles. The maximum atomic E-state index is 13.1. The summed E-state index contributed by atoms with van der Waals surface area (Å²) in [7, 11) is 0. The molecule has 1 aromatic heterocycles. The van der Waals surface area contributed by atoms with Crippen LogP contribution in [0.25, 0.3) is 22.4 Å². The van der Waals surface area contributed by atoms with Gasteiger partial charge in [-0.15, -0.1) is 0 Å². The minimum absolute atomic E-state index is 0.0295. The molecule has 142 valence electrons. The number of phenols is 1. The van der Waals surface area contributed by atoms with E-state index < -0.39 is 11.5 Å². The van der Waals surface area contributed by atoms with Gasteiger partial charge in [0.2, 0.25) is 0 Å². The van der Waals surface area contributed by atoms with E-state index in [4.69, 9.17) is 0 Å². The molecule has 0 spiro atoms. The Morgan fingerprint density at radius 1 is 0.828 bits per heavy atom. The van der Waals surface area contributed by atoms with E-state index in [1.807, 2.05) is 60.7 Å². The molecule has 3 N–H and O–H groups in total. The second-order valence-electron chi connectivity index (χ2n) is 6.38. The van der Waals surface area contributed by atoms with Crippen molar-refractivity contribution in [2.75, 3.05) is 5.32 Å². The summed E-state index contributed by atoms with van der Waals surface area (Å²) < 4.78 is 0. The summed E-state index contributed by atoms with van der Waals surface area (Å²) >= 11 is 0. The van der Waals surface area contributed by atoms with Gasteiger partial charge in [0.15, 0.2) is 0 Å². The lowest BCUT2D eigenvalue weighted by molar-refractivity contribution is 0.102. The van der Waals surface area contributed by atoms with Gasteiger partial charge in [-0.3, -0.25) is 9.59 Å². The van der Waals surface area contributed by atoms with Crippen LogP contribution < -0.4 is 10.9 Å². The van der Waals surface area contributed by atoms with Gasteiger partial charge in [-0.2, -0.15) is 5.10 Å². The number of amides is 1. The van der Waals surface area contributed by atoms with Crippen LogP contribution in [-0.2, 0) is 0 Å². The number of aromatic nitrogens is 2. The molecule has 0 unspecified atom stereocenters. The van der Waals surface area contributed by atoms with Crippen LogP contribution in [0.15, 0.2) is 89.7 Å². The SMILES string of the molecule is O=C(Nc1ccc(O)cc1)c1c(-c2ccccc2)c(-c2ccccc2)n[nH]c1=O. The smallest absolute Gasteiger partial charge is 0.277 e. The molecule has 4 aromatic rings. The third kappa shape index (κ3) is 3.77. The van der Waals surface area contributed by atoms with Crippen LogP contribution in [0.2, 0.25) is 0 Å². The molecule has 0 fully saturated rings. The topological polar surface area (TPSA) is 95.1 Å². The first kappa shape index (κ1) is 18.2. The average Bonchev–Trinajstić information content (AvgIpc) is 2.76. The third-order valence-corrected chi connectivity index (χ3v) is 4.45. The summed E-state index contributed by atoms with van der Waals surface area (Å²) in [5.41, 5.74) is 2.30. The highest BCUT2D eigenvalue weighted by Gasteiger charge is 2.23. The molecular formula is C23H17N3O3. The Bertz CT molecular complexity index is 1200. The molecule has 6 nitrogen and oxygen atoms in total. The van der Waals surface area contributed by atoms with Crippen molar-refractivity contribution in [2.24, 2.45) is 0 Å². The number of anilines is 1. The molecule has 0 atom stereocenters. The molecule has 1 amide bonds. The number of carbonyl (C=O) groups excluding carboxylic acids is 1. The first-order valence-electron chi connectivity index (χ1n) is 8.97. The number of aromatic amines is 1. The van der Waals surface area contributed by atoms with Gasteiger partial charge in [0, 0.05) is 16.8 Å². The molecule has 0 bridgehead atoms. The van der Waals surface area contributed by atoms with Crippen molar-refractivity contribution in [1.82, 2.24) is 10.2 Å². The van der Waals surface area contributed by atoms with E-state index in [-0.39, 0.29) is 11.3 Å². The van der Waals surface area contributed by atoms with Gasteiger partial charge in [0.25, 0.3) is 11.5 Å². The van der Waals surface area contributed by atoms with E-state index in [0.29, 0.717) is 22.5 Å². The van der Waals surface area contributed by atoms with Crippen LogP contribution in [0.5, 0.6) is 5.75 Å². The second kappa shape index (κ2) is 7.82. The lowest BCUT2D eigenvalue weighted by atomic mass is 9.95. The van der Waals surface area contributed by atoms with Crippen molar-refractivity contribution in [1.29, 1.82) is 0 Å². The van der Waals surface area contributed by atoms with Gasteiger partial charge >= 0.3 is 0 Å². The summed E-state index contributed by atoms with van der Waals surface area (Å²) in [4.78, 5) is 25.7. The van der Waals surface area contributed by atoms with E-state index in [2.05, 4.69) is 15.5 Å². The molecule has 0 aliphatic rings. The number of carbonyl (C=O) groups is 1. The average molecular weight is 383 g/mol. The van der Waals surface area contributed by atoms with Crippen molar-refractivity contribution >= 4 is 11.6 Å². The van der Waals surface area contributed by atoms with Crippen LogP contribution in [0.1, 0.15) is 10.4 Å². The second-order valence-corrected chi connectivity index (χ2v) is 6.38. The zero-order valence-electron chi connectivity index (χ0n) is 15.3. The van der Waals surface area contributed by atoms with Gasteiger partial charge in [-0.25, -0.2) is 5.10 Å². The summed E-state index contributed by atoms with van der Waals surface area (Å²) in [6.45, 7) is 0. The van der Waals surface area contributed by atoms with E-state index in [1.165, 1.54) is 12.1 Å². The predicted octanol–water partition coefficient (Wildman–Crippen LogP) is 4.06. The Labute approximate surface area is 166 Å². The van der Waals surface area contributed by atoms with Crippen molar-refractivity contribution in [2.45, 2.75) is 0 Å². The number of phenolic OH excluding ortho intramolecular Hbond substituents is 1. The molecule has 29 heavy (non-hydrogen) atoms. The fourth-order valence-electron chi connectivity index (χ4n) is 3.10. The monoisotopic (exact) mass is 383 g/mol. The Kier molecular flexibility index (Phi) is 4.90. The molecule has 0 radical (unpaired) electrons. The minimum atomic E-state index is -0.584. The van der Waals surface area contributed by atoms with Crippen LogP contribution in [0, 0.1) is 0 Å². The number of nitrogens with one attached hydrogen (secondary N) is 2. The minimum Gasteiger partial charge on any atom is -0.508 e. The fourth-order valence-corrected chi connectivity index (χ4v) is 3.10. The van der Waals surface area contributed by atoms with Crippen LogP contribution in [0.3, 0.4) is 0 Å². The van der Waals surface area contributed by atoms with Crippen molar-refractivity contribution < 1.29 is 9.90 Å². The van der Waals surface area contributed by atoms with Gasteiger partial charge < -0.3 is 10.4 Å². The van der Waals surface area contributed by atoms with Gasteiger partial charge in [-0.1, -0.05) is 60.7 Å². The predicted molar refractivity (Wildman–Crippen MR) is 112 cm³/mol. The lowest BCUT2D eigenvalue weighted by Gasteiger charge is -2.14. The van der Waals surface area contributed by atoms with Crippen molar-refractivity contribution in [3.63, 3.8) is 0 Å². The summed E-state index contributed by atoms with van der Waals surface area (Å²) in [6.07, 6.45) is 0. The summed E-state index contributed by atoms with van der Waals surface area (Å²) in [5, 5.41) is 18.8. The molecule has 4 rings (SSSR count). The zero-order chi connectivity index (χ0) is 20.2. The number of hydrogen-bond donors (Lipinski definition) is 3. The maximum absolute atomic E-state index is 13.1. The van der Waals surface area contributed by atoms with E-state index >= 15 is 0 Å². The van der Waals surface area contributed by atoms with Crippen LogP contribution in [-0.4, -0.2) is 21.2 Å². The standard InChI is InChI=1S/C23H17N3O3/c27-18-13-11-17(12-14-18)24-22(28)20-19(15-7-3-1-4-8-15)21(25-26-23(20)29)16-9-5-2-6-10-16/h1-14,27H,(H,24,28)(H,26,29). The molecule has 1 heterocycles. The highest BCUT2D eigenvalue weighted by Crippen LogP contribution is 2.31. The first-order chi connectivity index (χ1) is 14.1. The highest BCUT2D eigenvalue weighted by atomic mass is 16.3. The quantitative estimate of drug-likeness (QED) is 0.463. The van der Waals surface area contributed by atoms with Crippen LogP contribution >= 0.6 is 0 Å². The molecule has 0 aliphatic heterocycles. The van der Waals surface area contributed by atoms with E-state index in [0.717, 1.165) is 5.56 Å². The molecule has 3 aromatic carbocycles. The Balaban J connectivity index is 1.89. The van der Waals surface area contributed by atoms with E-state index in [1.54, 1.807) is 12.1 Å². The Hall–Kier alpha value is -4.19. The number of benzene rings is 3. The summed E-state index contributed by atoms with van der Waals surface area (Å²) in [5.74, 6) is -0.475. The molecular weight excluding hydrogens is 366 g/mol. The Morgan fingerprint density at radius 2 is 1.41 bits per heavy atom. The fraction of sp³-hybridized carbons (Fsp3) is 0. The van der Waals surface area contributed by atoms with E-state index in [9.17, 15) is 14.7 Å². The Morgan fingerprint density at radius 3 is 2.03 bits per heavy atom. The number of rotatable bonds is 4. The maximum Gasteiger partial charge on any atom is 0.277 e. The largest absolute Gasteiger partial charge is 0.508 e. The molecule has 6 heteroatoms. The number of hydrogen-bond acceptors (Lipinski definition) is 4. The number of nitrogens with zero attached hydrogens (tertiary/aromatic N) is 1. The number of H-pyrrole nitrogens is 1. The summed E-state index contributed by atoms with van der Waals surface area (Å²) in [6, 6.07) is 24.6. The highest BCUT2D eigenvalue weighted by molar-refractivity contribution is 6.10. The van der Waals surface area contributed by atoms with Gasteiger partial charge in [0.1, 0.15) is 11.3 Å². The first-order valence-corrected chi connectivity index (χ1v) is 8.97. The van der Waals surface area contributed by atoms with Crippen LogP contribution in [0.4, 0.5) is 5.69 Å². The lowest BCUT2D eigenvalue weighted by Crippen LogP contribution is -2.26. The number of aromatic hydroxyl groups is 1. The van der Waals surface area contributed by atoms with Gasteiger partial charge in [0.05, 0.1) is 5.69 Å². The van der Waals surface area contributed by atoms with Crippen molar-refractivity contribution in [3.05, 3.63) is 101 Å². The van der Waals surface area contributed by atoms with Crippen molar-refractivity contribution in [3.8, 4) is 28.1 Å². The third-order valence-electron chi connectivity index (χ3n) is 4.45.